The minimum Gasteiger partial charge on any atom is -0.376 e. The maximum absolute atomic E-state index is 13.4. The molecule has 2 unspecified atom stereocenters. The fourth-order valence-electron chi connectivity index (χ4n) is 5.17. The van der Waals surface area contributed by atoms with Crippen LogP contribution in [-0.4, -0.2) is 80.1 Å². The summed E-state index contributed by atoms with van der Waals surface area (Å²) in [7, 11) is -3.01. The fourth-order valence-corrected chi connectivity index (χ4v) is 6.90. The Morgan fingerprint density at radius 3 is 2.29 bits per heavy atom. The lowest BCUT2D eigenvalue weighted by atomic mass is 9.94. The monoisotopic (exact) mass is 412 g/mol. The Kier molecular flexibility index (Phi) is 6.63. The molecule has 160 valence electrons. The number of carbonyl (C=O) groups excluding carboxylic acids is 1. The third-order valence-electron chi connectivity index (χ3n) is 7.01. The van der Waals surface area contributed by atoms with Gasteiger partial charge < -0.3 is 9.64 Å². The molecule has 4 aliphatic rings. The van der Waals surface area contributed by atoms with Gasteiger partial charge in [0.25, 0.3) is 0 Å². The number of ether oxygens (including phenoxy) is 1. The lowest BCUT2D eigenvalue weighted by Gasteiger charge is -2.37. The first kappa shape index (κ1) is 20.6. The van der Waals surface area contributed by atoms with Gasteiger partial charge in [-0.2, -0.15) is 0 Å². The van der Waals surface area contributed by atoms with Gasteiger partial charge in [0.15, 0.2) is 9.84 Å². The minimum atomic E-state index is -3.01. The summed E-state index contributed by atoms with van der Waals surface area (Å²) in [6.45, 7) is 2.80. The zero-order valence-electron chi connectivity index (χ0n) is 17.1. The summed E-state index contributed by atoms with van der Waals surface area (Å²) < 4.78 is 29.9. The third-order valence-corrected chi connectivity index (χ3v) is 8.76. The highest BCUT2D eigenvalue weighted by molar-refractivity contribution is 7.91. The van der Waals surface area contributed by atoms with Gasteiger partial charge in [-0.05, 0) is 50.9 Å². The quantitative estimate of drug-likeness (QED) is 0.612. The molecule has 0 spiro atoms. The topological polar surface area (TPSA) is 66.9 Å². The van der Waals surface area contributed by atoms with Crippen LogP contribution in [0.5, 0.6) is 0 Å². The average Bonchev–Trinajstić information content (AvgIpc) is 3.20. The molecule has 2 saturated heterocycles. The summed E-state index contributed by atoms with van der Waals surface area (Å²) in [4.78, 5) is 17.7. The van der Waals surface area contributed by atoms with Crippen molar-refractivity contribution < 1.29 is 17.9 Å². The maximum atomic E-state index is 13.4. The van der Waals surface area contributed by atoms with Gasteiger partial charge in [0, 0.05) is 31.8 Å². The van der Waals surface area contributed by atoms with Crippen molar-refractivity contribution in [3.05, 3.63) is 0 Å². The smallest absolute Gasteiger partial charge is 0.237 e. The van der Waals surface area contributed by atoms with Gasteiger partial charge in [0.05, 0.1) is 24.2 Å². The van der Waals surface area contributed by atoms with Gasteiger partial charge in [-0.25, -0.2) is 8.42 Å². The first-order chi connectivity index (χ1) is 13.5. The molecule has 2 aliphatic carbocycles. The normalized spacial score (nSPS) is 30.8. The van der Waals surface area contributed by atoms with Crippen molar-refractivity contribution in [2.24, 2.45) is 5.92 Å². The maximum Gasteiger partial charge on any atom is 0.237 e. The number of hydrogen-bond acceptors (Lipinski definition) is 5. The Hall–Kier alpha value is -0.660. The number of nitrogens with zero attached hydrogens (tertiary/aromatic N) is 2. The second-order valence-electron chi connectivity index (χ2n) is 9.40. The molecule has 4 fully saturated rings. The number of amides is 1. The molecule has 0 aromatic heterocycles. The van der Waals surface area contributed by atoms with E-state index < -0.39 is 9.84 Å². The van der Waals surface area contributed by atoms with E-state index in [2.05, 4.69) is 4.90 Å². The Bertz CT molecular complexity index is 637. The molecule has 2 heterocycles. The average molecular weight is 413 g/mol. The van der Waals surface area contributed by atoms with Crippen LogP contribution in [0.25, 0.3) is 0 Å². The molecule has 28 heavy (non-hydrogen) atoms. The summed E-state index contributed by atoms with van der Waals surface area (Å²) >= 11 is 0. The predicted octanol–water partition coefficient (Wildman–Crippen LogP) is 2.23. The molecule has 2 aliphatic heterocycles. The summed E-state index contributed by atoms with van der Waals surface area (Å²) in [5.41, 5.74) is 0. The van der Waals surface area contributed by atoms with Crippen LogP contribution in [0, 0.1) is 5.92 Å². The van der Waals surface area contributed by atoms with Crippen LogP contribution in [-0.2, 0) is 19.4 Å². The highest BCUT2D eigenvalue weighted by Gasteiger charge is 2.38. The van der Waals surface area contributed by atoms with Crippen LogP contribution >= 0.6 is 0 Å². The Balaban J connectivity index is 1.44. The van der Waals surface area contributed by atoms with Crippen molar-refractivity contribution in [1.82, 2.24) is 9.80 Å². The first-order valence-electron chi connectivity index (χ1n) is 11.4. The van der Waals surface area contributed by atoms with E-state index in [9.17, 15) is 13.2 Å². The second-order valence-corrected chi connectivity index (χ2v) is 11.6. The summed E-state index contributed by atoms with van der Waals surface area (Å²) in [6, 6.07) is 0.353. The molecule has 6 nitrogen and oxygen atoms in total. The van der Waals surface area contributed by atoms with E-state index in [0.717, 1.165) is 31.9 Å². The van der Waals surface area contributed by atoms with Crippen molar-refractivity contribution in [1.29, 1.82) is 0 Å². The van der Waals surface area contributed by atoms with Gasteiger partial charge in [-0.1, -0.05) is 19.3 Å². The zero-order chi connectivity index (χ0) is 19.6. The molecule has 0 N–H and O–H groups in total. The highest BCUT2D eigenvalue weighted by atomic mass is 32.2. The Morgan fingerprint density at radius 1 is 0.893 bits per heavy atom. The van der Waals surface area contributed by atoms with Crippen LogP contribution in [0.1, 0.15) is 64.2 Å². The Morgan fingerprint density at radius 2 is 1.68 bits per heavy atom. The van der Waals surface area contributed by atoms with E-state index in [-0.39, 0.29) is 29.6 Å². The molecular formula is C21H36N2O4S. The van der Waals surface area contributed by atoms with Gasteiger partial charge in [0.1, 0.15) is 0 Å². The van der Waals surface area contributed by atoms with Gasteiger partial charge >= 0.3 is 0 Å². The van der Waals surface area contributed by atoms with Crippen molar-refractivity contribution in [3.8, 4) is 0 Å². The van der Waals surface area contributed by atoms with E-state index in [1.165, 1.54) is 44.9 Å². The molecule has 0 aromatic rings. The molecule has 2 atom stereocenters. The largest absolute Gasteiger partial charge is 0.376 e. The lowest BCUT2D eigenvalue weighted by molar-refractivity contribution is -0.137. The SMILES string of the molecule is O=C(CN(CC1CC1)C1CCCCC1)N(CC1CCCO1)C1CCS(=O)(=O)C1. The van der Waals surface area contributed by atoms with Crippen LogP contribution in [0.2, 0.25) is 0 Å². The van der Waals surface area contributed by atoms with Crippen molar-refractivity contribution >= 4 is 15.7 Å². The molecule has 4 rings (SSSR count). The van der Waals surface area contributed by atoms with Crippen LogP contribution < -0.4 is 0 Å². The van der Waals surface area contributed by atoms with E-state index in [1.807, 2.05) is 4.90 Å². The molecule has 0 radical (unpaired) electrons. The Labute approximate surface area is 169 Å². The van der Waals surface area contributed by atoms with Gasteiger partial charge in [0.2, 0.25) is 5.91 Å². The lowest BCUT2D eigenvalue weighted by Crippen LogP contribution is -2.51. The van der Waals surface area contributed by atoms with Crippen molar-refractivity contribution in [2.75, 3.05) is 37.7 Å². The van der Waals surface area contributed by atoms with Crippen molar-refractivity contribution in [2.45, 2.75) is 82.4 Å². The first-order valence-corrected chi connectivity index (χ1v) is 13.2. The highest BCUT2D eigenvalue weighted by Crippen LogP contribution is 2.33. The minimum absolute atomic E-state index is 0.0683. The molecular weight excluding hydrogens is 376 g/mol. The summed E-state index contributed by atoms with van der Waals surface area (Å²) in [5, 5.41) is 0. The fraction of sp³-hybridized carbons (Fsp3) is 0.952. The van der Waals surface area contributed by atoms with Crippen LogP contribution in [0.15, 0.2) is 0 Å². The summed E-state index contributed by atoms with van der Waals surface area (Å²) in [6.07, 6.45) is 11.5. The number of sulfone groups is 1. The number of carbonyl (C=O) groups is 1. The number of rotatable bonds is 8. The van der Waals surface area contributed by atoms with Gasteiger partial charge in [-0.15, -0.1) is 0 Å². The summed E-state index contributed by atoms with van der Waals surface area (Å²) in [5.74, 6) is 1.20. The molecule has 1 amide bonds. The van der Waals surface area contributed by atoms with Crippen molar-refractivity contribution in [3.63, 3.8) is 0 Å². The van der Waals surface area contributed by atoms with Gasteiger partial charge in [-0.3, -0.25) is 9.69 Å². The second kappa shape index (κ2) is 9.00. The third kappa shape index (κ3) is 5.48. The molecule has 0 aromatic carbocycles. The van der Waals surface area contributed by atoms with E-state index in [4.69, 9.17) is 4.74 Å². The molecule has 0 bridgehead atoms. The van der Waals surface area contributed by atoms with Crippen LogP contribution in [0.3, 0.4) is 0 Å². The van der Waals surface area contributed by atoms with E-state index in [0.29, 0.717) is 25.6 Å². The standard InChI is InChI=1S/C21H36N2O4S/c24-21(15-22(13-17-8-9-17)18-5-2-1-3-6-18)23(14-20-7-4-11-27-20)19-10-12-28(25,26)16-19/h17-20H,1-16H2. The molecule has 2 saturated carbocycles. The predicted molar refractivity (Wildman–Crippen MR) is 109 cm³/mol. The van der Waals surface area contributed by atoms with E-state index in [1.54, 1.807) is 0 Å². The van der Waals surface area contributed by atoms with E-state index >= 15 is 0 Å². The number of hydrogen-bond donors (Lipinski definition) is 0. The zero-order valence-corrected chi connectivity index (χ0v) is 17.9. The van der Waals surface area contributed by atoms with Crippen LogP contribution in [0.4, 0.5) is 0 Å². The molecule has 7 heteroatoms.